The number of hydroxylamine groups is 1. The summed E-state index contributed by atoms with van der Waals surface area (Å²) in [5.41, 5.74) is 4.30. The zero-order chi connectivity index (χ0) is 28.1. The molecule has 11 nitrogen and oxygen atoms in total. The van der Waals surface area contributed by atoms with Crippen LogP contribution in [0.5, 0.6) is 0 Å². The molecule has 0 fully saturated rings. The van der Waals surface area contributed by atoms with Gasteiger partial charge in [-0.15, -0.1) is 0 Å². The number of aliphatic hydroxyl groups is 1. The quantitative estimate of drug-likeness (QED) is 0.215. The number of methoxy groups -OCH3 is 1. The summed E-state index contributed by atoms with van der Waals surface area (Å²) in [4.78, 5) is 28.3. The number of benzene rings is 1. The lowest BCUT2D eigenvalue weighted by atomic mass is 10.1. The first-order valence-corrected chi connectivity index (χ1v) is 13.9. The highest BCUT2D eigenvalue weighted by molar-refractivity contribution is 7.92. The van der Waals surface area contributed by atoms with E-state index in [-0.39, 0.29) is 25.5 Å². The molecule has 1 aliphatic rings. The number of nitrogens with zero attached hydrogens (tertiary/aromatic N) is 3. The third kappa shape index (κ3) is 6.61. The minimum absolute atomic E-state index is 0.0128. The van der Waals surface area contributed by atoms with Gasteiger partial charge in [0, 0.05) is 56.0 Å². The molecule has 0 bridgehead atoms. The van der Waals surface area contributed by atoms with E-state index in [1.807, 2.05) is 36.2 Å². The Kier molecular flexibility index (Phi) is 9.35. The molecule has 0 aliphatic carbocycles. The maximum Gasteiger partial charge on any atom is 0.328 e. The number of amides is 2. The molecule has 38 heavy (non-hydrogen) atoms. The van der Waals surface area contributed by atoms with Crippen molar-refractivity contribution < 1.29 is 33.1 Å². The van der Waals surface area contributed by atoms with Gasteiger partial charge in [-0.3, -0.25) is 14.6 Å². The molecule has 1 aromatic carbocycles. The summed E-state index contributed by atoms with van der Waals surface area (Å²) in [6, 6.07) is 8.77. The largest absolute Gasteiger partial charge is 0.387 e. The number of aliphatic hydroxyl groups excluding tert-OH is 1. The highest BCUT2D eigenvalue weighted by Crippen LogP contribution is 2.25. The number of carbonyl (C=O) groups excluding carboxylic acids is 2. The highest BCUT2D eigenvalue weighted by Gasteiger charge is 2.44. The van der Waals surface area contributed by atoms with Crippen LogP contribution in [0.4, 0.5) is 4.79 Å². The van der Waals surface area contributed by atoms with E-state index < -0.39 is 26.6 Å². The molecular weight excluding hydrogens is 512 g/mol. The molecule has 2 atom stereocenters. The van der Waals surface area contributed by atoms with Gasteiger partial charge < -0.3 is 19.6 Å². The highest BCUT2D eigenvalue weighted by atomic mass is 32.2. The molecule has 206 valence electrons. The van der Waals surface area contributed by atoms with Gasteiger partial charge in [0.25, 0.3) is 5.91 Å². The molecule has 0 saturated heterocycles. The topological polar surface area (TPSA) is 141 Å². The predicted molar refractivity (Wildman–Crippen MR) is 140 cm³/mol. The molecular formula is C26H34N4O7S. The number of sulfone groups is 1. The third-order valence-corrected chi connectivity index (χ3v) is 8.82. The van der Waals surface area contributed by atoms with Crippen molar-refractivity contribution >= 4 is 21.8 Å². The number of hydrogen-bond acceptors (Lipinski definition) is 8. The van der Waals surface area contributed by atoms with E-state index in [4.69, 9.17) is 9.94 Å². The molecule has 1 aromatic heterocycles. The Balaban J connectivity index is 1.62. The molecule has 12 heteroatoms. The molecule has 2 aromatic rings. The van der Waals surface area contributed by atoms with E-state index >= 15 is 0 Å². The Morgan fingerprint density at radius 1 is 1.26 bits per heavy atom. The van der Waals surface area contributed by atoms with E-state index in [0.717, 1.165) is 23.9 Å². The normalized spacial score (nSPS) is 15.6. The molecule has 2 amide bonds. The minimum Gasteiger partial charge on any atom is -0.387 e. The van der Waals surface area contributed by atoms with E-state index in [9.17, 15) is 23.1 Å². The standard InChI is InChI=1S/C26H34N4O7S/c1-26(24(32)27-34,38(4,35)36)11-12-29-17-22-15-20(16-30(22)25(29)33)6-5-19-7-9-21(10-8-19)23(31)18-28(2)13-14-37-3/h7-10,15-16,23,31,34H,11-14,17-18H2,1-4H3,(H,27,32). The fourth-order valence-corrected chi connectivity index (χ4v) is 4.92. The number of fused-ring (bicyclic) bond motifs is 1. The third-order valence-electron chi connectivity index (χ3n) is 6.80. The van der Waals surface area contributed by atoms with Crippen molar-refractivity contribution in [3.8, 4) is 11.8 Å². The van der Waals surface area contributed by atoms with Crippen molar-refractivity contribution in [3.05, 3.63) is 58.9 Å². The molecule has 3 N–H and O–H groups in total. The molecule has 3 rings (SSSR count). The van der Waals surface area contributed by atoms with Crippen LogP contribution < -0.4 is 5.48 Å². The summed E-state index contributed by atoms with van der Waals surface area (Å²) in [6.07, 6.45) is 1.74. The van der Waals surface area contributed by atoms with Crippen LogP contribution in [0.15, 0.2) is 36.5 Å². The zero-order valence-corrected chi connectivity index (χ0v) is 22.8. The van der Waals surface area contributed by atoms with Gasteiger partial charge >= 0.3 is 6.03 Å². The second-order valence-corrected chi connectivity index (χ2v) is 12.1. The Hall–Kier alpha value is -3.21. The fraction of sp³-hybridized carbons (Fsp3) is 0.462. The Labute approximate surface area is 222 Å². The predicted octanol–water partition coefficient (Wildman–Crippen LogP) is 0.982. The summed E-state index contributed by atoms with van der Waals surface area (Å²) in [7, 11) is -0.292. The smallest absolute Gasteiger partial charge is 0.328 e. The molecule has 1 aliphatic heterocycles. The molecule has 0 saturated carbocycles. The summed E-state index contributed by atoms with van der Waals surface area (Å²) >= 11 is 0. The van der Waals surface area contributed by atoms with E-state index in [0.29, 0.717) is 24.4 Å². The Morgan fingerprint density at radius 3 is 2.50 bits per heavy atom. The van der Waals surface area contributed by atoms with Crippen LogP contribution in [0.2, 0.25) is 0 Å². The number of carbonyl (C=O) groups is 2. The monoisotopic (exact) mass is 546 g/mol. The first-order valence-electron chi connectivity index (χ1n) is 12.0. The lowest BCUT2D eigenvalue weighted by Gasteiger charge is -2.27. The van der Waals surface area contributed by atoms with Crippen molar-refractivity contribution in [2.24, 2.45) is 0 Å². The number of ether oxygens (including phenoxy) is 1. The summed E-state index contributed by atoms with van der Waals surface area (Å²) in [5, 5.41) is 19.4. The van der Waals surface area contributed by atoms with Crippen LogP contribution in [0.3, 0.4) is 0 Å². The summed E-state index contributed by atoms with van der Waals surface area (Å²) in [6.45, 7) is 3.27. The zero-order valence-electron chi connectivity index (χ0n) is 22.0. The molecule has 0 radical (unpaired) electrons. The van der Waals surface area contributed by atoms with Crippen molar-refractivity contribution in [2.45, 2.75) is 30.7 Å². The van der Waals surface area contributed by atoms with E-state index in [2.05, 4.69) is 11.8 Å². The van der Waals surface area contributed by atoms with E-state index in [1.54, 1.807) is 19.4 Å². The second kappa shape index (κ2) is 12.1. The second-order valence-electron chi connectivity index (χ2n) is 9.63. The van der Waals surface area contributed by atoms with Gasteiger partial charge in [-0.1, -0.05) is 24.0 Å². The van der Waals surface area contributed by atoms with Gasteiger partial charge in [0.2, 0.25) is 0 Å². The summed E-state index contributed by atoms with van der Waals surface area (Å²) < 4.78 is 28.9. The van der Waals surface area contributed by atoms with Gasteiger partial charge in [0.05, 0.1) is 19.3 Å². The lowest BCUT2D eigenvalue weighted by Crippen LogP contribution is -2.50. The first kappa shape index (κ1) is 29.3. The van der Waals surface area contributed by atoms with Crippen molar-refractivity contribution in [1.29, 1.82) is 0 Å². The average molecular weight is 547 g/mol. The van der Waals surface area contributed by atoms with Crippen molar-refractivity contribution in [1.82, 2.24) is 19.8 Å². The fourth-order valence-electron chi connectivity index (χ4n) is 4.07. The van der Waals surface area contributed by atoms with Crippen LogP contribution in [0, 0.1) is 11.8 Å². The molecule has 2 unspecified atom stereocenters. The number of hydrogen-bond donors (Lipinski definition) is 3. The number of rotatable bonds is 11. The lowest BCUT2D eigenvalue weighted by molar-refractivity contribution is -0.131. The van der Waals surface area contributed by atoms with Gasteiger partial charge in [-0.2, -0.15) is 0 Å². The Bertz CT molecular complexity index is 1330. The SMILES string of the molecule is COCCN(C)CC(O)c1ccc(C#Cc2cc3n(c2)C(=O)N(CCC(C)(C(=O)NO)S(C)(=O)=O)C3)cc1. The van der Waals surface area contributed by atoms with Gasteiger partial charge in [-0.25, -0.2) is 18.7 Å². The molecule has 2 heterocycles. The summed E-state index contributed by atoms with van der Waals surface area (Å²) in [5.74, 6) is 5.06. The maximum atomic E-state index is 12.8. The molecule has 0 spiro atoms. The first-order chi connectivity index (χ1) is 17.9. The van der Waals surface area contributed by atoms with Gasteiger partial charge in [0.15, 0.2) is 14.6 Å². The van der Waals surface area contributed by atoms with Crippen LogP contribution in [-0.2, 0) is 25.9 Å². The van der Waals surface area contributed by atoms with Crippen LogP contribution in [-0.4, -0.2) is 96.4 Å². The van der Waals surface area contributed by atoms with Gasteiger partial charge in [-0.05, 0) is 44.2 Å². The number of likely N-dealkylation sites (N-methyl/N-ethyl adjacent to an activating group) is 1. The van der Waals surface area contributed by atoms with Crippen LogP contribution in [0.1, 0.15) is 41.8 Å². The van der Waals surface area contributed by atoms with Crippen LogP contribution >= 0.6 is 0 Å². The van der Waals surface area contributed by atoms with Crippen molar-refractivity contribution in [3.63, 3.8) is 0 Å². The van der Waals surface area contributed by atoms with Crippen molar-refractivity contribution in [2.75, 3.05) is 46.7 Å². The number of nitrogens with one attached hydrogen (secondary N) is 1. The van der Waals surface area contributed by atoms with E-state index in [1.165, 1.54) is 21.9 Å². The number of aromatic nitrogens is 1. The van der Waals surface area contributed by atoms with Gasteiger partial charge in [0.1, 0.15) is 0 Å². The maximum absolute atomic E-state index is 12.8. The van der Waals surface area contributed by atoms with Crippen LogP contribution in [0.25, 0.3) is 0 Å². The average Bonchev–Trinajstić information content (AvgIpc) is 3.41. The Morgan fingerprint density at radius 2 is 1.92 bits per heavy atom. The minimum atomic E-state index is -3.85.